The van der Waals surface area contributed by atoms with Crippen molar-refractivity contribution in [2.45, 2.75) is 0 Å². The maximum absolute atomic E-state index is 2.41. The Labute approximate surface area is 368 Å². The van der Waals surface area contributed by atoms with E-state index >= 15 is 0 Å². The lowest BCUT2D eigenvalue weighted by Crippen LogP contribution is -2.10. The molecule has 0 spiro atoms. The topological polar surface area (TPSA) is 11.4 Å². The van der Waals surface area contributed by atoms with Crippen LogP contribution in [0.25, 0.3) is 60.9 Å². The third kappa shape index (κ3) is 7.22. The molecule has 3 nitrogen and oxygen atoms in total. The Morgan fingerprint density at radius 1 is 0.238 bits per heavy atom. The van der Waals surface area contributed by atoms with Gasteiger partial charge >= 0.3 is 0 Å². The van der Waals surface area contributed by atoms with Gasteiger partial charge in [-0.15, -0.1) is 0 Å². The second-order valence-electron chi connectivity index (χ2n) is 15.8. The molecule has 0 atom stereocenters. The molecule has 0 saturated heterocycles. The number of fused-ring (bicyclic) bond motifs is 3. The summed E-state index contributed by atoms with van der Waals surface area (Å²) < 4.78 is 2.41. The smallest absolute Gasteiger partial charge is 0.0562 e. The molecule has 11 aromatic rings. The van der Waals surface area contributed by atoms with Gasteiger partial charge in [0.05, 0.1) is 16.7 Å². The number of hydrogen-bond acceptors (Lipinski definition) is 2. The van der Waals surface area contributed by atoms with E-state index in [1.165, 1.54) is 49.7 Å². The molecule has 1 heterocycles. The Bertz CT molecular complexity index is 3270. The maximum atomic E-state index is 2.41. The van der Waals surface area contributed by atoms with Gasteiger partial charge in [-0.05, 0) is 124 Å². The summed E-state index contributed by atoms with van der Waals surface area (Å²) in [5.41, 5.74) is 17.3. The van der Waals surface area contributed by atoms with E-state index in [9.17, 15) is 0 Å². The second kappa shape index (κ2) is 16.6. The van der Waals surface area contributed by atoms with E-state index in [1.54, 1.807) is 0 Å². The molecule has 0 saturated carbocycles. The first-order valence-corrected chi connectivity index (χ1v) is 21.5. The van der Waals surface area contributed by atoms with Crippen molar-refractivity contribution in [2.24, 2.45) is 0 Å². The predicted octanol–water partition coefficient (Wildman–Crippen LogP) is 16.7. The molecule has 0 aliphatic rings. The van der Waals surface area contributed by atoms with Crippen molar-refractivity contribution in [1.29, 1.82) is 0 Å². The molecule has 0 N–H and O–H groups in total. The molecule has 63 heavy (non-hydrogen) atoms. The minimum Gasteiger partial charge on any atom is -0.311 e. The molecule has 0 radical (unpaired) electrons. The van der Waals surface area contributed by atoms with Gasteiger partial charge in [-0.3, -0.25) is 0 Å². The molecule has 0 bridgehead atoms. The van der Waals surface area contributed by atoms with Gasteiger partial charge < -0.3 is 14.4 Å². The van der Waals surface area contributed by atoms with Crippen molar-refractivity contribution in [2.75, 3.05) is 9.80 Å². The quantitative estimate of drug-likeness (QED) is 0.136. The van der Waals surface area contributed by atoms with Crippen LogP contribution in [0.2, 0.25) is 0 Å². The fraction of sp³-hybridized carbons (Fsp3) is 0. The van der Waals surface area contributed by atoms with Gasteiger partial charge in [0.1, 0.15) is 0 Å². The van der Waals surface area contributed by atoms with Crippen LogP contribution in [0.1, 0.15) is 0 Å². The summed E-state index contributed by atoms with van der Waals surface area (Å²) in [5.74, 6) is 0. The van der Waals surface area contributed by atoms with E-state index in [-0.39, 0.29) is 0 Å². The van der Waals surface area contributed by atoms with E-state index in [2.05, 4.69) is 275 Å². The molecule has 0 fully saturated rings. The summed E-state index contributed by atoms with van der Waals surface area (Å²) in [4.78, 5) is 4.70. The minimum atomic E-state index is 1.10. The number of para-hydroxylation sites is 3. The van der Waals surface area contributed by atoms with Crippen LogP contribution < -0.4 is 9.80 Å². The lowest BCUT2D eigenvalue weighted by Gasteiger charge is -2.26. The zero-order chi connectivity index (χ0) is 42.0. The van der Waals surface area contributed by atoms with E-state index < -0.39 is 0 Å². The maximum Gasteiger partial charge on any atom is 0.0562 e. The van der Waals surface area contributed by atoms with E-state index in [0.717, 1.165) is 45.3 Å². The van der Waals surface area contributed by atoms with Crippen LogP contribution in [0, 0.1) is 0 Å². The number of benzene rings is 10. The van der Waals surface area contributed by atoms with Crippen LogP contribution >= 0.6 is 0 Å². The highest BCUT2D eigenvalue weighted by Gasteiger charge is 2.21. The van der Waals surface area contributed by atoms with E-state index in [1.807, 2.05) is 0 Å². The number of rotatable bonds is 10. The first-order chi connectivity index (χ1) is 31.3. The van der Waals surface area contributed by atoms with Crippen molar-refractivity contribution in [3.05, 3.63) is 261 Å². The zero-order valence-electron chi connectivity index (χ0n) is 34.7. The van der Waals surface area contributed by atoms with E-state index in [0.29, 0.717) is 0 Å². The number of hydrogen-bond donors (Lipinski definition) is 0. The van der Waals surface area contributed by atoms with Gasteiger partial charge in [-0.2, -0.15) is 0 Å². The molecule has 0 aliphatic heterocycles. The molecule has 298 valence electrons. The van der Waals surface area contributed by atoms with Gasteiger partial charge in [-0.25, -0.2) is 0 Å². The molecule has 3 heteroatoms. The van der Waals surface area contributed by atoms with Crippen LogP contribution in [-0.4, -0.2) is 4.57 Å². The molecule has 1 aromatic heterocycles. The van der Waals surface area contributed by atoms with Crippen LogP contribution in [0.3, 0.4) is 0 Å². The summed E-state index contributed by atoms with van der Waals surface area (Å²) in [6.45, 7) is 0. The van der Waals surface area contributed by atoms with Crippen LogP contribution in [0.15, 0.2) is 261 Å². The van der Waals surface area contributed by atoms with E-state index in [4.69, 9.17) is 0 Å². The van der Waals surface area contributed by atoms with Gasteiger partial charge in [0, 0.05) is 44.9 Å². The third-order valence-corrected chi connectivity index (χ3v) is 12.0. The van der Waals surface area contributed by atoms with Crippen LogP contribution in [-0.2, 0) is 0 Å². The molecule has 0 amide bonds. The highest BCUT2D eigenvalue weighted by atomic mass is 15.2. The standard InChI is InChI=1S/C60H43N3/c1-5-16-44(17-6-1)46-28-36-52(37-29-46)61(50-20-9-3-10-21-50)53-38-30-48(31-39-53)49-34-42-55(43-35-49)63-57-25-14-13-24-56(57)60-58(26-15-27-59(60)63)62(51-22-11-4-12-23-51)54-40-32-47(33-41-54)45-18-7-2-8-19-45/h1-43H. The van der Waals surface area contributed by atoms with Gasteiger partial charge in [-0.1, -0.05) is 170 Å². The van der Waals surface area contributed by atoms with Crippen molar-refractivity contribution < 1.29 is 0 Å². The number of nitrogens with zero attached hydrogens (tertiary/aromatic N) is 3. The van der Waals surface area contributed by atoms with Crippen molar-refractivity contribution in [3.63, 3.8) is 0 Å². The third-order valence-electron chi connectivity index (χ3n) is 12.0. The van der Waals surface area contributed by atoms with Crippen molar-refractivity contribution >= 4 is 55.9 Å². The van der Waals surface area contributed by atoms with Crippen LogP contribution in [0.4, 0.5) is 34.1 Å². The monoisotopic (exact) mass is 805 g/mol. The summed E-state index contributed by atoms with van der Waals surface area (Å²) in [6.07, 6.45) is 0. The lowest BCUT2D eigenvalue weighted by atomic mass is 10.0. The molecule has 10 aromatic carbocycles. The van der Waals surface area contributed by atoms with Gasteiger partial charge in [0.15, 0.2) is 0 Å². The van der Waals surface area contributed by atoms with Gasteiger partial charge in [0.2, 0.25) is 0 Å². The summed E-state index contributed by atoms with van der Waals surface area (Å²) in [6, 6.07) is 93.5. The van der Waals surface area contributed by atoms with Crippen molar-refractivity contribution in [3.8, 4) is 39.1 Å². The first-order valence-electron chi connectivity index (χ1n) is 21.5. The highest BCUT2D eigenvalue weighted by molar-refractivity contribution is 6.16. The zero-order valence-corrected chi connectivity index (χ0v) is 34.7. The van der Waals surface area contributed by atoms with Crippen LogP contribution in [0.5, 0.6) is 0 Å². The Hall–Kier alpha value is -8.40. The molecule has 0 unspecified atom stereocenters. The minimum absolute atomic E-state index is 1.10. The SMILES string of the molecule is c1ccc(-c2ccc(N(c3ccccc3)c3ccc(-c4ccc(-n5c6ccccc6c6c(N(c7ccccc7)c7ccc(-c8ccccc8)cc7)cccc65)cc4)cc3)cc2)cc1. The Kier molecular flexibility index (Phi) is 9.89. The summed E-state index contributed by atoms with van der Waals surface area (Å²) >= 11 is 0. The summed E-state index contributed by atoms with van der Waals surface area (Å²) in [7, 11) is 0. The van der Waals surface area contributed by atoms with Crippen molar-refractivity contribution in [1.82, 2.24) is 4.57 Å². The average Bonchev–Trinajstić information content (AvgIpc) is 3.71. The summed E-state index contributed by atoms with van der Waals surface area (Å²) in [5, 5.41) is 2.42. The van der Waals surface area contributed by atoms with Gasteiger partial charge in [0.25, 0.3) is 0 Å². The Balaban J connectivity index is 0.943. The Morgan fingerprint density at radius 2 is 0.587 bits per heavy atom. The number of anilines is 6. The fourth-order valence-corrected chi connectivity index (χ4v) is 8.97. The largest absolute Gasteiger partial charge is 0.311 e. The molecule has 11 rings (SSSR count). The molecule has 0 aliphatic carbocycles. The fourth-order valence-electron chi connectivity index (χ4n) is 8.97. The molecular weight excluding hydrogens is 763 g/mol. The molecular formula is C60H43N3. The lowest BCUT2D eigenvalue weighted by molar-refractivity contribution is 1.18. The first kappa shape index (κ1) is 37.6. The predicted molar refractivity (Wildman–Crippen MR) is 266 cm³/mol. The average molecular weight is 806 g/mol. The number of aromatic nitrogens is 1. The second-order valence-corrected chi connectivity index (χ2v) is 15.8. The highest BCUT2D eigenvalue weighted by Crippen LogP contribution is 2.44. The Morgan fingerprint density at radius 3 is 1.08 bits per heavy atom. The normalized spacial score (nSPS) is 11.2.